The predicted molar refractivity (Wildman–Crippen MR) is 137 cm³/mol. The monoisotopic (exact) mass is 496 g/mol. The first-order chi connectivity index (χ1) is 18.0. The second-order valence-corrected chi connectivity index (χ2v) is 10.2. The van der Waals surface area contributed by atoms with Crippen LogP contribution >= 0.6 is 0 Å². The molecule has 2 aliphatic rings. The van der Waals surface area contributed by atoms with Crippen molar-refractivity contribution in [3.8, 4) is 11.1 Å². The van der Waals surface area contributed by atoms with E-state index in [1.807, 2.05) is 30.5 Å². The number of nitrogens with zero attached hydrogens (tertiary/aromatic N) is 2. The average molecular weight is 497 g/mol. The Hall–Kier alpha value is -4.00. The van der Waals surface area contributed by atoms with Gasteiger partial charge in [0.2, 0.25) is 0 Å². The Balaban J connectivity index is 1.38. The Bertz CT molecular complexity index is 1550. The zero-order valence-electron chi connectivity index (χ0n) is 20.8. The number of benzene rings is 2. The number of nitrogens with one attached hydrogen (secondary N) is 2. The molecule has 0 radical (unpaired) electrons. The van der Waals surface area contributed by atoms with Crippen LogP contribution in [0.4, 0.5) is 4.39 Å². The molecule has 0 spiro atoms. The van der Waals surface area contributed by atoms with E-state index < -0.39 is 0 Å². The van der Waals surface area contributed by atoms with Crippen LogP contribution in [0, 0.1) is 24.1 Å². The highest BCUT2D eigenvalue weighted by atomic mass is 19.1. The number of rotatable bonds is 7. The lowest BCUT2D eigenvalue weighted by Gasteiger charge is -2.20. The van der Waals surface area contributed by atoms with Crippen molar-refractivity contribution < 1.29 is 13.6 Å². The van der Waals surface area contributed by atoms with Crippen LogP contribution in [-0.2, 0) is 19.4 Å². The van der Waals surface area contributed by atoms with Gasteiger partial charge >= 0.3 is 0 Å². The Kier molecular flexibility index (Phi) is 5.99. The number of aromatic nitrogens is 2. The van der Waals surface area contributed by atoms with Gasteiger partial charge in [0, 0.05) is 23.7 Å². The Morgan fingerprint density at radius 1 is 1.22 bits per heavy atom. The molecule has 0 unspecified atom stereocenters. The molecule has 37 heavy (non-hydrogen) atoms. The zero-order valence-corrected chi connectivity index (χ0v) is 20.8. The fourth-order valence-corrected chi connectivity index (χ4v) is 5.42. The van der Waals surface area contributed by atoms with E-state index >= 15 is 0 Å². The van der Waals surface area contributed by atoms with Crippen LogP contribution in [0.1, 0.15) is 63.6 Å². The molecule has 6 nitrogen and oxygen atoms in total. The second kappa shape index (κ2) is 9.47. The first-order valence-corrected chi connectivity index (χ1v) is 12.8. The molecule has 188 valence electrons. The van der Waals surface area contributed by atoms with Crippen LogP contribution in [0.25, 0.3) is 11.1 Å². The summed E-state index contributed by atoms with van der Waals surface area (Å²) in [7, 11) is 0. The lowest BCUT2D eigenvalue weighted by Crippen LogP contribution is -2.30. The molecule has 2 aromatic carbocycles. The maximum Gasteiger partial charge on any atom is 0.293 e. The molecule has 0 bridgehead atoms. The SMILES string of the molecule is Cc1cc([C@@H](NC(=O)c2cc(Cn3ccoc3=N)cc(-c3ccnc4c3CCC4)c2)C2CC2)ccc1F. The smallest absolute Gasteiger partial charge is 0.293 e. The number of hydrogen-bond acceptors (Lipinski definition) is 4. The summed E-state index contributed by atoms with van der Waals surface area (Å²) in [5, 5.41) is 11.3. The number of amides is 1. The van der Waals surface area contributed by atoms with Crippen LogP contribution in [0.3, 0.4) is 0 Å². The summed E-state index contributed by atoms with van der Waals surface area (Å²) >= 11 is 0. The van der Waals surface area contributed by atoms with Gasteiger partial charge in [0.05, 0.1) is 12.6 Å². The third kappa shape index (κ3) is 4.73. The molecule has 0 saturated heterocycles. The maximum atomic E-state index is 13.9. The number of halogens is 1. The van der Waals surface area contributed by atoms with Crippen LogP contribution in [0.2, 0.25) is 0 Å². The lowest BCUT2D eigenvalue weighted by molar-refractivity contribution is 0.0931. The standard InChI is InChI=1S/C30H29FN4O2/c1-18-13-21(7-8-26(18)31)28(20-5-6-20)34-29(36)23-15-19(17-35-11-12-37-30(35)32)14-22(16-23)24-9-10-33-27-4-2-3-25(24)27/h7-16,20,28,32H,2-6,17H2,1H3,(H,34,36)/t28-/m0/s1. The van der Waals surface area contributed by atoms with Crippen molar-refractivity contribution in [2.24, 2.45) is 5.92 Å². The number of carbonyl (C=O) groups excluding carboxylic acids is 1. The summed E-state index contributed by atoms with van der Waals surface area (Å²) in [6.45, 7) is 2.17. The molecule has 2 heterocycles. The minimum atomic E-state index is -0.239. The quantitative estimate of drug-likeness (QED) is 0.355. The van der Waals surface area contributed by atoms with Crippen molar-refractivity contribution in [3.63, 3.8) is 0 Å². The van der Waals surface area contributed by atoms with E-state index in [0.29, 0.717) is 23.6 Å². The summed E-state index contributed by atoms with van der Waals surface area (Å²) in [5.74, 6) is -0.0411. The van der Waals surface area contributed by atoms with Crippen LogP contribution in [-0.4, -0.2) is 15.5 Å². The molecule has 7 heteroatoms. The fourth-order valence-electron chi connectivity index (χ4n) is 5.42. The van der Waals surface area contributed by atoms with Crippen molar-refractivity contribution in [2.45, 2.75) is 51.6 Å². The summed E-state index contributed by atoms with van der Waals surface area (Å²) in [6.07, 6.45) is 10.2. The van der Waals surface area contributed by atoms with Crippen LogP contribution < -0.4 is 11.0 Å². The van der Waals surface area contributed by atoms with Gasteiger partial charge in [-0.15, -0.1) is 0 Å². The highest BCUT2D eigenvalue weighted by molar-refractivity contribution is 5.96. The van der Waals surface area contributed by atoms with E-state index in [1.54, 1.807) is 23.8 Å². The molecule has 1 saturated carbocycles. The number of carbonyl (C=O) groups is 1. The van der Waals surface area contributed by atoms with Gasteiger partial charge in [-0.25, -0.2) is 4.39 Å². The predicted octanol–water partition coefficient (Wildman–Crippen LogP) is 5.49. The molecule has 1 atom stereocenters. The number of fused-ring (bicyclic) bond motifs is 1. The molecule has 4 aromatic rings. The highest BCUT2D eigenvalue weighted by Crippen LogP contribution is 2.41. The van der Waals surface area contributed by atoms with Crippen molar-refractivity contribution in [1.82, 2.24) is 14.9 Å². The fraction of sp³-hybridized carbons (Fsp3) is 0.300. The van der Waals surface area contributed by atoms with Crippen LogP contribution in [0.15, 0.2) is 65.5 Å². The summed E-state index contributed by atoms with van der Waals surface area (Å²) < 4.78 is 20.8. The van der Waals surface area contributed by atoms with Crippen molar-refractivity contribution >= 4 is 5.91 Å². The van der Waals surface area contributed by atoms with Crippen molar-refractivity contribution in [1.29, 1.82) is 5.41 Å². The molecule has 1 fully saturated rings. The average Bonchev–Trinajstić information content (AvgIpc) is 3.48. The zero-order chi connectivity index (χ0) is 25.5. The van der Waals surface area contributed by atoms with Gasteiger partial charge < -0.3 is 9.73 Å². The Morgan fingerprint density at radius 3 is 2.84 bits per heavy atom. The lowest BCUT2D eigenvalue weighted by atomic mass is 9.95. The highest BCUT2D eigenvalue weighted by Gasteiger charge is 2.34. The molecule has 6 rings (SSSR count). The van der Waals surface area contributed by atoms with Gasteiger partial charge in [-0.05, 0) is 109 Å². The number of aryl methyl sites for hydroxylation is 2. The summed E-state index contributed by atoms with van der Waals surface area (Å²) in [5.41, 5.74) is 7.51. The van der Waals surface area contributed by atoms with Crippen molar-refractivity contribution in [3.05, 3.63) is 106 Å². The number of oxazole rings is 1. The topological polar surface area (TPSA) is 83.9 Å². The van der Waals surface area contributed by atoms with E-state index in [-0.39, 0.29) is 23.5 Å². The largest absolute Gasteiger partial charge is 0.432 e. The van der Waals surface area contributed by atoms with Gasteiger partial charge in [-0.3, -0.25) is 19.8 Å². The van der Waals surface area contributed by atoms with E-state index in [1.165, 1.54) is 17.9 Å². The number of pyridine rings is 1. The van der Waals surface area contributed by atoms with E-state index in [4.69, 9.17) is 9.83 Å². The summed E-state index contributed by atoms with van der Waals surface area (Å²) in [4.78, 5) is 18.3. The first kappa shape index (κ1) is 23.4. The van der Waals surface area contributed by atoms with Gasteiger partial charge in [-0.1, -0.05) is 12.1 Å². The van der Waals surface area contributed by atoms with Gasteiger partial charge in [0.25, 0.3) is 11.6 Å². The molecular weight excluding hydrogens is 467 g/mol. The van der Waals surface area contributed by atoms with Crippen LogP contribution in [0.5, 0.6) is 0 Å². The van der Waals surface area contributed by atoms with E-state index in [2.05, 4.69) is 16.4 Å². The molecule has 0 aliphatic heterocycles. The Labute approximate surface area is 214 Å². The Morgan fingerprint density at radius 2 is 2.08 bits per heavy atom. The minimum Gasteiger partial charge on any atom is -0.432 e. The van der Waals surface area contributed by atoms with Gasteiger partial charge in [0.15, 0.2) is 0 Å². The van der Waals surface area contributed by atoms with E-state index in [9.17, 15) is 9.18 Å². The van der Waals surface area contributed by atoms with E-state index in [0.717, 1.165) is 60.1 Å². The second-order valence-electron chi connectivity index (χ2n) is 10.2. The van der Waals surface area contributed by atoms with Crippen molar-refractivity contribution in [2.75, 3.05) is 0 Å². The first-order valence-electron chi connectivity index (χ1n) is 12.8. The molecule has 1 amide bonds. The van der Waals surface area contributed by atoms with Gasteiger partial charge in [-0.2, -0.15) is 0 Å². The third-order valence-corrected chi connectivity index (χ3v) is 7.51. The maximum absolute atomic E-state index is 13.9. The minimum absolute atomic E-state index is 0.0571. The summed E-state index contributed by atoms with van der Waals surface area (Å²) in [6, 6.07) is 12.9. The normalized spacial score (nSPS) is 15.4. The third-order valence-electron chi connectivity index (χ3n) is 7.51. The van der Waals surface area contributed by atoms with Gasteiger partial charge in [0.1, 0.15) is 12.1 Å². The molecular formula is C30H29FN4O2. The molecule has 2 N–H and O–H groups in total. The molecule has 2 aliphatic carbocycles. The number of hydrogen-bond donors (Lipinski definition) is 2. The molecule has 2 aromatic heterocycles.